The van der Waals surface area contributed by atoms with E-state index < -0.39 is 28.4 Å². The van der Waals surface area contributed by atoms with E-state index in [1.165, 1.54) is 17.1 Å². The normalized spacial score (nSPS) is 26.3. The Labute approximate surface area is 293 Å². The van der Waals surface area contributed by atoms with Crippen LogP contribution in [0.4, 0.5) is 5.69 Å². The molecule has 50 heavy (non-hydrogen) atoms. The molecular formula is C37H46N4O8S. The van der Waals surface area contributed by atoms with E-state index >= 15 is 0 Å². The summed E-state index contributed by atoms with van der Waals surface area (Å²) in [6.07, 6.45) is -0.765. The van der Waals surface area contributed by atoms with Gasteiger partial charge in [-0.3, -0.25) is 10.1 Å². The van der Waals surface area contributed by atoms with Crippen LogP contribution in [-0.4, -0.2) is 75.2 Å². The molecule has 4 aliphatic rings. The quantitative estimate of drug-likeness (QED) is 0.136. The highest BCUT2D eigenvalue weighted by Crippen LogP contribution is 2.49. The summed E-state index contributed by atoms with van der Waals surface area (Å²) in [6.45, 7) is 5.10. The molecule has 0 radical (unpaired) electrons. The smallest absolute Gasteiger partial charge is 0.306 e. The predicted molar refractivity (Wildman–Crippen MR) is 185 cm³/mol. The second kappa shape index (κ2) is 15.0. The number of hydrazine groups is 1. The van der Waals surface area contributed by atoms with Gasteiger partial charge in [0.1, 0.15) is 11.9 Å². The Kier molecular flexibility index (Phi) is 10.4. The second-order valence-corrected chi connectivity index (χ2v) is 15.8. The molecule has 268 valence electrons. The topological polar surface area (TPSA) is 148 Å². The number of sulfonamides is 1. The first-order chi connectivity index (χ1) is 24.1. The van der Waals surface area contributed by atoms with Crippen LogP contribution >= 0.6 is 0 Å². The van der Waals surface area contributed by atoms with E-state index in [4.69, 9.17) is 18.9 Å². The number of carbonyl (C=O) groups excluding carboxylic acids is 1. The summed E-state index contributed by atoms with van der Waals surface area (Å²) in [6, 6.07) is 23.9. The van der Waals surface area contributed by atoms with Crippen molar-refractivity contribution in [3.8, 4) is 5.75 Å². The molecule has 7 rings (SSSR count). The Bertz CT molecular complexity index is 1730. The van der Waals surface area contributed by atoms with Gasteiger partial charge in [0.05, 0.1) is 36.3 Å². The van der Waals surface area contributed by atoms with Gasteiger partial charge in [0.25, 0.3) is 10.0 Å². The number of hydrogen-bond donors (Lipinski definition) is 4. The van der Waals surface area contributed by atoms with Crippen LogP contribution in [0.1, 0.15) is 37.8 Å². The third-order valence-corrected chi connectivity index (χ3v) is 11.4. The lowest BCUT2D eigenvalue weighted by Gasteiger charge is -2.31. The van der Waals surface area contributed by atoms with Gasteiger partial charge in [-0.25, -0.2) is 13.4 Å². The van der Waals surface area contributed by atoms with Crippen LogP contribution in [0.5, 0.6) is 5.75 Å². The molecule has 12 nitrogen and oxygen atoms in total. The fourth-order valence-electron chi connectivity index (χ4n) is 7.63. The van der Waals surface area contributed by atoms with E-state index in [9.17, 15) is 18.3 Å². The summed E-state index contributed by atoms with van der Waals surface area (Å²) >= 11 is 0. The lowest BCUT2D eigenvalue weighted by atomic mass is 9.90. The van der Waals surface area contributed by atoms with E-state index in [2.05, 4.69) is 15.5 Å². The molecule has 3 heterocycles. The molecule has 3 aliphatic heterocycles. The third kappa shape index (κ3) is 7.99. The Morgan fingerprint density at radius 1 is 1.00 bits per heavy atom. The van der Waals surface area contributed by atoms with Gasteiger partial charge in [0.15, 0.2) is 6.29 Å². The largest absolute Gasteiger partial charge is 0.462 e. The zero-order valence-electron chi connectivity index (χ0n) is 28.3. The second-order valence-electron chi connectivity index (χ2n) is 14.1. The highest BCUT2D eigenvalue weighted by Gasteiger charge is 2.56. The predicted octanol–water partition coefficient (Wildman–Crippen LogP) is 3.63. The fraction of sp³-hybridized carbons (Fsp3) is 0.486. The van der Waals surface area contributed by atoms with Gasteiger partial charge in [0.2, 0.25) is 6.35 Å². The van der Waals surface area contributed by atoms with Crippen molar-refractivity contribution in [1.29, 1.82) is 0 Å². The van der Waals surface area contributed by atoms with Gasteiger partial charge in [-0.1, -0.05) is 60.7 Å². The first-order valence-corrected chi connectivity index (χ1v) is 18.9. The number of anilines is 1. The summed E-state index contributed by atoms with van der Waals surface area (Å²) < 4.78 is 51.3. The maximum atomic E-state index is 13.8. The zero-order valence-corrected chi connectivity index (χ0v) is 29.1. The molecule has 3 fully saturated rings. The number of aliphatic hydroxyl groups is 1. The van der Waals surface area contributed by atoms with Crippen LogP contribution in [-0.2, 0) is 42.0 Å². The van der Waals surface area contributed by atoms with Gasteiger partial charge in [-0.05, 0) is 56.0 Å². The zero-order chi connectivity index (χ0) is 34.8. The molecule has 1 saturated carbocycles. The van der Waals surface area contributed by atoms with Crippen molar-refractivity contribution >= 4 is 21.7 Å². The standard InChI is InChI=1S/C37H46N4O8S/c1-23(2)38-37-39-31-18-28(13-14-33(31)48-37)50(44,45)40-41(19-25-11-7-4-8-12-25)20-32(42)26(15-24-9-5-3-6-10-24)17-34(43)49-35-27-16-29-30(35)22-47-36(29)46-21-27/h3-14,18,23,26-27,29-30,32,35-40,42H,15-17,19-22H2,1-2H3/t26-,27?,29?,30?,32-,35?,36?,37?/m1/s1. The molecule has 0 aromatic heterocycles. The number of rotatable bonds is 15. The van der Waals surface area contributed by atoms with Crippen molar-refractivity contribution in [2.24, 2.45) is 23.7 Å². The number of esters is 1. The Balaban J connectivity index is 1.08. The average molecular weight is 707 g/mol. The molecule has 3 aromatic carbocycles. The van der Waals surface area contributed by atoms with E-state index in [1.807, 2.05) is 74.5 Å². The first kappa shape index (κ1) is 34.9. The summed E-state index contributed by atoms with van der Waals surface area (Å²) in [7, 11) is -4.09. The van der Waals surface area contributed by atoms with Gasteiger partial charge in [0, 0.05) is 42.8 Å². The summed E-state index contributed by atoms with van der Waals surface area (Å²) in [5.41, 5.74) is 2.36. The Morgan fingerprint density at radius 2 is 1.72 bits per heavy atom. The SMILES string of the molecule is CC(C)NC1Nc2cc(S(=O)(=O)NN(Cc3ccccc3)C[C@@H](O)[C@@H](CC(=O)OC3C4COC5OCC3C5C4)Cc3ccccc3)ccc2O1. The van der Waals surface area contributed by atoms with E-state index in [0.717, 1.165) is 17.5 Å². The number of hydrogen-bond acceptors (Lipinski definition) is 11. The first-order valence-electron chi connectivity index (χ1n) is 17.4. The van der Waals surface area contributed by atoms with Crippen LogP contribution in [0, 0.1) is 23.7 Å². The van der Waals surface area contributed by atoms with Crippen molar-refractivity contribution in [2.75, 3.05) is 25.1 Å². The fourth-order valence-corrected chi connectivity index (χ4v) is 8.73. The minimum Gasteiger partial charge on any atom is -0.462 e. The van der Waals surface area contributed by atoms with Crippen molar-refractivity contribution in [3.63, 3.8) is 0 Å². The average Bonchev–Trinajstić information content (AvgIpc) is 3.76. The molecule has 6 unspecified atom stereocenters. The molecule has 1 aliphatic carbocycles. The van der Waals surface area contributed by atoms with E-state index in [1.54, 1.807) is 6.07 Å². The minimum absolute atomic E-state index is 0.0319. The summed E-state index contributed by atoms with van der Waals surface area (Å²) in [5.74, 6) is 0.0964. The Hall–Kier alpha value is -3.56. The highest BCUT2D eigenvalue weighted by molar-refractivity contribution is 7.89. The van der Waals surface area contributed by atoms with Crippen molar-refractivity contribution in [3.05, 3.63) is 90.0 Å². The number of nitrogens with one attached hydrogen (secondary N) is 3. The molecule has 2 saturated heterocycles. The molecule has 2 bridgehead atoms. The van der Waals surface area contributed by atoms with Gasteiger partial charge in [-0.15, -0.1) is 4.83 Å². The number of ether oxygens (including phenoxy) is 4. The lowest BCUT2D eigenvalue weighted by molar-refractivity contribution is -0.178. The van der Waals surface area contributed by atoms with Gasteiger partial charge >= 0.3 is 5.97 Å². The minimum atomic E-state index is -4.09. The third-order valence-electron chi connectivity index (χ3n) is 10.0. The number of carbonyl (C=O) groups is 1. The maximum Gasteiger partial charge on any atom is 0.306 e. The number of nitrogens with zero attached hydrogens (tertiary/aromatic N) is 1. The van der Waals surface area contributed by atoms with E-state index in [-0.39, 0.29) is 66.6 Å². The van der Waals surface area contributed by atoms with Crippen LogP contribution in [0.2, 0.25) is 0 Å². The maximum absolute atomic E-state index is 13.8. The van der Waals surface area contributed by atoms with Crippen LogP contribution in [0.15, 0.2) is 83.8 Å². The van der Waals surface area contributed by atoms with Crippen LogP contribution in [0.3, 0.4) is 0 Å². The summed E-state index contributed by atoms with van der Waals surface area (Å²) in [5, 5.41) is 19.7. The van der Waals surface area contributed by atoms with Gasteiger partial charge < -0.3 is 29.4 Å². The Morgan fingerprint density at radius 3 is 2.46 bits per heavy atom. The van der Waals surface area contributed by atoms with Crippen molar-refractivity contribution in [1.82, 2.24) is 15.2 Å². The highest BCUT2D eigenvalue weighted by atomic mass is 32.2. The molecule has 0 amide bonds. The number of aliphatic hydroxyl groups excluding tert-OH is 1. The monoisotopic (exact) mass is 706 g/mol. The lowest BCUT2D eigenvalue weighted by Crippen LogP contribution is -2.47. The molecule has 13 heteroatoms. The molecular weight excluding hydrogens is 660 g/mol. The number of fused-ring (bicyclic) bond motifs is 2. The van der Waals surface area contributed by atoms with Crippen molar-refractivity contribution < 1.29 is 37.3 Å². The van der Waals surface area contributed by atoms with Gasteiger partial charge in [-0.2, -0.15) is 0 Å². The molecule has 3 aromatic rings. The van der Waals surface area contributed by atoms with Crippen LogP contribution in [0.25, 0.3) is 0 Å². The number of benzene rings is 3. The molecule has 8 atom stereocenters. The molecule has 4 N–H and O–H groups in total. The van der Waals surface area contributed by atoms with E-state index in [0.29, 0.717) is 31.1 Å². The molecule has 0 spiro atoms. The summed E-state index contributed by atoms with van der Waals surface area (Å²) in [4.78, 5) is 16.3. The van der Waals surface area contributed by atoms with Crippen molar-refractivity contribution in [2.45, 2.75) is 75.4 Å². The van der Waals surface area contributed by atoms with Crippen LogP contribution < -0.4 is 20.2 Å².